The summed E-state index contributed by atoms with van der Waals surface area (Å²) in [6, 6.07) is 21.4. The van der Waals surface area contributed by atoms with Crippen molar-refractivity contribution in [2.45, 2.75) is 9.79 Å². The number of urea groups is 1. The van der Waals surface area contributed by atoms with Crippen LogP contribution in [0.25, 0.3) is 0 Å². The van der Waals surface area contributed by atoms with Gasteiger partial charge in [-0.1, -0.05) is 47.6 Å². The zero-order valence-corrected chi connectivity index (χ0v) is 16.7. The summed E-state index contributed by atoms with van der Waals surface area (Å²) >= 11 is 7.41. The van der Waals surface area contributed by atoms with Gasteiger partial charge in [0, 0.05) is 14.8 Å². The molecule has 0 bridgehead atoms. The standard InChI is InChI=1S/C21H16ClN3O3S/c22-14-9-11-15(12-10-14)28-13-20(26)23-24-21(27)25-16-5-1-3-7-18(16)29-19-8-4-2-6-17(19)25/h1-12H,13H2,(H,23,26)(H,24,27). The molecule has 0 radical (unpaired) electrons. The largest absolute Gasteiger partial charge is 0.484 e. The summed E-state index contributed by atoms with van der Waals surface area (Å²) in [6.45, 7) is -0.245. The molecule has 146 valence electrons. The van der Waals surface area contributed by atoms with E-state index >= 15 is 0 Å². The van der Waals surface area contributed by atoms with Crippen molar-refractivity contribution in [3.05, 3.63) is 77.8 Å². The number of anilines is 2. The highest BCUT2D eigenvalue weighted by molar-refractivity contribution is 7.99. The van der Waals surface area contributed by atoms with Crippen LogP contribution >= 0.6 is 23.4 Å². The van der Waals surface area contributed by atoms with Crippen LogP contribution in [0.1, 0.15) is 0 Å². The summed E-state index contributed by atoms with van der Waals surface area (Å²) in [5.74, 6) is 0.0213. The topological polar surface area (TPSA) is 70.7 Å². The van der Waals surface area contributed by atoms with Crippen LogP contribution in [-0.4, -0.2) is 18.5 Å². The molecule has 3 amide bonds. The molecular weight excluding hydrogens is 410 g/mol. The molecule has 29 heavy (non-hydrogen) atoms. The van der Waals surface area contributed by atoms with Gasteiger partial charge in [0.1, 0.15) is 5.75 Å². The van der Waals surface area contributed by atoms with Crippen LogP contribution in [0, 0.1) is 0 Å². The zero-order chi connectivity index (χ0) is 20.2. The van der Waals surface area contributed by atoms with Gasteiger partial charge in [-0.05, 0) is 48.5 Å². The SMILES string of the molecule is O=C(COc1ccc(Cl)cc1)NNC(=O)N1c2ccccc2Sc2ccccc21. The number of hydrogen-bond donors (Lipinski definition) is 2. The number of nitrogens with zero attached hydrogens (tertiary/aromatic N) is 1. The third-order valence-corrected chi connectivity index (χ3v) is 5.51. The Labute approximate surface area is 176 Å². The van der Waals surface area contributed by atoms with Gasteiger partial charge in [0.25, 0.3) is 5.91 Å². The van der Waals surface area contributed by atoms with Crippen molar-refractivity contribution >= 4 is 46.7 Å². The van der Waals surface area contributed by atoms with Crippen molar-refractivity contribution < 1.29 is 14.3 Å². The average molecular weight is 426 g/mol. The molecule has 0 saturated heterocycles. The minimum absolute atomic E-state index is 0.245. The number of rotatable bonds is 3. The summed E-state index contributed by atoms with van der Waals surface area (Å²) in [7, 11) is 0. The molecular formula is C21H16ClN3O3S. The monoisotopic (exact) mass is 425 g/mol. The van der Waals surface area contributed by atoms with E-state index in [1.807, 2.05) is 48.5 Å². The molecule has 0 atom stereocenters. The maximum absolute atomic E-state index is 12.9. The van der Waals surface area contributed by atoms with E-state index in [0.29, 0.717) is 10.8 Å². The van der Waals surface area contributed by atoms with Crippen molar-refractivity contribution in [3.8, 4) is 5.75 Å². The van der Waals surface area contributed by atoms with E-state index in [4.69, 9.17) is 16.3 Å². The van der Waals surface area contributed by atoms with Crippen LogP contribution in [0.4, 0.5) is 16.2 Å². The molecule has 6 nitrogen and oxygen atoms in total. The fourth-order valence-corrected chi connectivity index (χ4v) is 4.00. The first-order valence-electron chi connectivity index (χ1n) is 8.75. The van der Waals surface area contributed by atoms with E-state index in [1.165, 1.54) is 0 Å². The maximum Gasteiger partial charge on any atom is 0.345 e. The first-order valence-corrected chi connectivity index (χ1v) is 9.94. The summed E-state index contributed by atoms with van der Waals surface area (Å²) < 4.78 is 5.37. The van der Waals surface area contributed by atoms with E-state index < -0.39 is 11.9 Å². The molecule has 0 fully saturated rings. The van der Waals surface area contributed by atoms with E-state index in [-0.39, 0.29) is 6.61 Å². The van der Waals surface area contributed by atoms with Crippen LogP contribution in [-0.2, 0) is 4.79 Å². The number of ether oxygens (including phenoxy) is 1. The number of carbonyl (C=O) groups is 2. The fraction of sp³-hybridized carbons (Fsp3) is 0.0476. The van der Waals surface area contributed by atoms with Gasteiger partial charge in [-0.2, -0.15) is 0 Å². The molecule has 2 N–H and O–H groups in total. The number of benzene rings is 3. The summed E-state index contributed by atoms with van der Waals surface area (Å²) in [5, 5.41) is 0.578. The molecule has 0 aromatic heterocycles. The number of hydrogen-bond acceptors (Lipinski definition) is 4. The predicted molar refractivity (Wildman–Crippen MR) is 113 cm³/mol. The van der Waals surface area contributed by atoms with Gasteiger partial charge >= 0.3 is 6.03 Å². The van der Waals surface area contributed by atoms with E-state index in [1.54, 1.807) is 40.9 Å². The molecule has 3 aromatic carbocycles. The molecule has 0 aliphatic carbocycles. The lowest BCUT2D eigenvalue weighted by Crippen LogP contribution is -2.49. The molecule has 1 aliphatic heterocycles. The highest BCUT2D eigenvalue weighted by atomic mass is 35.5. The van der Waals surface area contributed by atoms with Crippen LogP contribution < -0.4 is 20.5 Å². The first-order chi connectivity index (χ1) is 14.1. The molecule has 8 heteroatoms. The number of fused-ring (bicyclic) bond motifs is 2. The number of amides is 3. The third kappa shape index (κ3) is 4.31. The Kier molecular flexibility index (Phi) is 5.59. The van der Waals surface area contributed by atoms with Gasteiger partial charge in [-0.25, -0.2) is 10.2 Å². The Balaban J connectivity index is 1.42. The van der Waals surface area contributed by atoms with Gasteiger partial charge in [0.2, 0.25) is 0 Å². The van der Waals surface area contributed by atoms with Crippen LogP contribution in [0.3, 0.4) is 0 Å². The average Bonchev–Trinajstić information content (AvgIpc) is 2.75. The number of hydrazine groups is 1. The van der Waals surface area contributed by atoms with Gasteiger partial charge in [-0.3, -0.25) is 15.1 Å². The molecule has 3 aromatic rings. The number of para-hydroxylation sites is 2. The lowest BCUT2D eigenvalue weighted by Gasteiger charge is -2.30. The van der Waals surface area contributed by atoms with Gasteiger partial charge in [-0.15, -0.1) is 0 Å². The summed E-state index contributed by atoms with van der Waals surface area (Å²) in [6.07, 6.45) is 0. The van der Waals surface area contributed by atoms with Crippen molar-refractivity contribution in [2.24, 2.45) is 0 Å². The predicted octanol–water partition coefficient (Wildman–Crippen LogP) is 4.76. The van der Waals surface area contributed by atoms with Crippen molar-refractivity contribution in [3.63, 3.8) is 0 Å². The van der Waals surface area contributed by atoms with Crippen molar-refractivity contribution in [1.29, 1.82) is 0 Å². The minimum atomic E-state index is -0.485. The highest BCUT2D eigenvalue weighted by Crippen LogP contribution is 2.47. The Bertz CT molecular complexity index is 1010. The second kappa shape index (κ2) is 8.46. The van der Waals surface area contributed by atoms with Gasteiger partial charge < -0.3 is 4.74 Å². The highest BCUT2D eigenvalue weighted by Gasteiger charge is 2.28. The first kappa shape index (κ1) is 19.2. The van der Waals surface area contributed by atoms with E-state index in [0.717, 1.165) is 21.2 Å². The van der Waals surface area contributed by atoms with E-state index in [9.17, 15) is 9.59 Å². The van der Waals surface area contributed by atoms with E-state index in [2.05, 4.69) is 10.9 Å². The number of halogens is 1. The summed E-state index contributed by atoms with van der Waals surface area (Å²) in [4.78, 5) is 28.4. The van der Waals surface area contributed by atoms with Crippen LogP contribution in [0.2, 0.25) is 5.02 Å². The zero-order valence-electron chi connectivity index (χ0n) is 15.1. The molecule has 0 saturated carbocycles. The molecule has 4 rings (SSSR count). The Hall–Kier alpha value is -3.16. The van der Waals surface area contributed by atoms with Crippen molar-refractivity contribution in [2.75, 3.05) is 11.5 Å². The molecule has 1 aliphatic rings. The second-order valence-electron chi connectivity index (χ2n) is 6.09. The quantitative estimate of drug-likeness (QED) is 0.593. The van der Waals surface area contributed by atoms with Crippen LogP contribution in [0.5, 0.6) is 5.75 Å². The Morgan fingerprint density at radius 1 is 0.862 bits per heavy atom. The Morgan fingerprint density at radius 2 is 1.45 bits per heavy atom. The summed E-state index contributed by atoms with van der Waals surface area (Å²) in [5.41, 5.74) is 6.34. The number of carbonyl (C=O) groups excluding carboxylic acids is 2. The number of nitrogens with one attached hydrogen (secondary N) is 2. The lowest BCUT2D eigenvalue weighted by molar-refractivity contribution is -0.123. The normalized spacial score (nSPS) is 11.8. The maximum atomic E-state index is 12.9. The fourth-order valence-electron chi connectivity index (χ4n) is 2.82. The third-order valence-electron chi connectivity index (χ3n) is 4.13. The molecule has 0 unspecified atom stereocenters. The Morgan fingerprint density at radius 3 is 2.07 bits per heavy atom. The van der Waals surface area contributed by atoms with Crippen molar-refractivity contribution in [1.82, 2.24) is 10.9 Å². The lowest BCUT2D eigenvalue weighted by atomic mass is 10.2. The molecule has 1 heterocycles. The van der Waals surface area contributed by atoms with Gasteiger partial charge in [0.05, 0.1) is 11.4 Å². The second-order valence-corrected chi connectivity index (χ2v) is 7.61. The molecule has 0 spiro atoms. The smallest absolute Gasteiger partial charge is 0.345 e. The van der Waals surface area contributed by atoms with Crippen LogP contribution in [0.15, 0.2) is 82.6 Å². The van der Waals surface area contributed by atoms with Gasteiger partial charge in [0.15, 0.2) is 6.61 Å². The minimum Gasteiger partial charge on any atom is -0.484 e.